The molecule has 4 aromatic rings. The van der Waals surface area contributed by atoms with Crippen molar-refractivity contribution in [3.8, 4) is 17.2 Å². The monoisotopic (exact) mass is 495 g/mol. The van der Waals surface area contributed by atoms with Crippen LogP contribution in [0.4, 0.5) is 5.95 Å². The summed E-state index contributed by atoms with van der Waals surface area (Å²) in [7, 11) is 4.79. The molecule has 2 atom stereocenters. The standard InChI is InChI=1S/C30H29N3O4/c1-17-9-11-18(12-10-17)19-13-22-27(24(34)14-19)28(20-15-25(35-2)29(37-4)26(16-20)36-3)33-23-8-6-5-7-21(23)31-30(33)32-22/h5-12,15-16,19,28H,13-14H2,1-4H3,(H,31,32)/t19-,28-/m1/s1. The van der Waals surface area contributed by atoms with E-state index in [-0.39, 0.29) is 17.7 Å². The van der Waals surface area contributed by atoms with E-state index < -0.39 is 0 Å². The third-order valence-electron chi connectivity index (χ3n) is 7.45. The molecule has 0 unspecified atom stereocenters. The summed E-state index contributed by atoms with van der Waals surface area (Å²) in [6, 6.07) is 19.9. The van der Waals surface area contributed by atoms with Gasteiger partial charge in [-0.25, -0.2) is 4.98 Å². The number of hydrogen-bond acceptors (Lipinski definition) is 6. The number of carbonyl (C=O) groups is 1. The first-order valence-corrected chi connectivity index (χ1v) is 12.4. The molecule has 0 bridgehead atoms. The van der Waals surface area contributed by atoms with Crippen LogP contribution in [-0.4, -0.2) is 36.7 Å². The Bertz CT molecular complexity index is 1530. The lowest BCUT2D eigenvalue weighted by atomic mass is 9.77. The van der Waals surface area contributed by atoms with Crippen LogP contribution in [0.25, 0.3) is 11.0 Å². The molecule has 37 heavy (non-hydrogen) atoms. The van der Waals surface area contributed by atoms with Crippen molar-refractivity contribution < 1.29 is 19.0 Å². The SMILES string of the molecule is COc1cc([C@@H]2C3=C(C[C@@H](c4ccc(C)cc4)CC3=O)Nc3nc4ccccc4n32)cc(OC)c1OC. The topological polar surface area (TPSA) is 74.6 Å². The molecule has 6 rings (SSSR count). The zero-order chi connectivity index (χ0) is 25.7. The molecule has 2 aliphatic rings. The van der Waals surface area contributed by atoms with Crippen molar-refractivity contribution in [2.24, 2.45) is 0 Å². The molecule has 1 aliphatic heterocycles. The fourth-order valence-corrected chi connectivity index (χ4v) is 5.67. The van der Waals surface area contributed by atoms with Gasteiger partial charge >= 0.3 is 0 Å². The lowest BCUT2D eigenvalue weighted by molar-refractivity contribution is -0.116. The number of methoxy groups -OCH3 is 3. The molecule has 1 aromatic heterocycles. The Labute approximate surface area is 215 Å². The van der Waals surface area contributed by atoms with Gasteiger partial charge in [-0.15, -0.1) is 0 Å². The van der Waals surface area contributed by atoms with Crippen LogP contribution in [0, 0.1) is 6.92 Å². The van der Waals surface area contributed by atoms with E-state index in [9.17, 15) is 4.79 Å². The summed E-state index contributed by atoms with van der Waals surface area (Å²) >= 11 is 0. The number of benzene rings is 3. The second-order valence-corrected chi connectivity index (χ2v) is 9.61. The Hall–Kier alpha value is -4.26. The third kappa shape index (κ3) is 3.73. The van der Waals surface area contributed by atoms with Crippen molar-refractivity contribution in [2.75, 3.05) is 26.6 Å². The van der Waals surface area contributed by atoms with Crippen LogP contribution in [-0.2, 0) is 4.79 Å². The molecule has 2 heterocycles. The highest BCUT2D eigenvalue weighted by Gasteiger charge is 2.40. The quantitative estimate of drug-likeness (QED) is 0.378. The molecule has 0 saturated carbocycles. The number of Topliss-reactive ketones (excluding diaryl/α,β-unsaturated/α-hetero) is 1. The Morgan fingerprint density at radius 2 is 1.59 bits per heavy atom. The molecule has 0 amide bonds. The Morgan fingerprint density at radius 3 is 2.27 bits per heavy atom. The molecule has 7 heteroatoms. The number of ketones is 1. The minimum atomic E-state index is -0.390. The maximum atomic E-state index is 13.9. The number of anilines is 1. The van der Waals surface area contributed by atoms with Gasteiger partial charge in [0.1, 0.15) is 0 Å². The number of aryl methyl sites for hydroxylation is 1. The van der Waals surface area contributed by atoms with Gasteiger partial charge < -0.3 is 19.5 Å². The van der Waals surface area contributed by atoms with Crippen molar-refractivity contribution in [2.45, 2.75) is 31.7 Å². The summed E-state index contributed by atoms with van der Waals surface area (Å²) in [5, 5.41) is 3.53. The van der Waals surface area contributed by atoms with Gasteiger partial charge in [-0.1, -0.05) is 42.0 Å². The summed E-state index contributed by atoms with van der Waals surface area (Å²) in [4.78, 5) is 18.8. The van der Waals surface area contributed by atoms with Crippen molar-refractivity contribution in [3.63, 3.8) is 0 Å². The lowest BCUT2D eigenvalue weighted by Crippen LogP contribution is -2.33. The van der Waals surface area contributed by atoms with Crippen LogP contribution in [0.5, 0.6) is 17.2 Å². The normalized spacial score (nSPS) is 18.8. The number of nitrogens with one attached hydrogen (secondary N) is 1. The van der Waals surface area contributed by atoms with Gasteiger partial charge in [-0.3, -0.25) is 9.36 Å². The molecule has 1 aliphatic carbocycles. The van der Waals surface area contributed by atoms with Gasteiger partial charge in [0.05, 0.1) is 38.4 Å². The highest BCUT2D eigenvalue weighted by atomic mass is 16.5. The maximum Gasteiger partial charge on any atom is 0.209 e. The number of rotatable bonds is 5. The Kier molecular flexibility index (Phi) is 5.63. The predicted octanol–water partition coefficient (Wildman–Crippen LogP) is 5.79. The van der Waals surface area contributed by atoms with Crippen LogP contribution < -0.4 is 19.5 Å². The smallest absolute Gasteiger partial charge is 0.209 e. The minimum Gasteiger partial charge on any atom is -0.493 e. The van der Waals surface area contributed by atoms with Crippen molar-refractivity contribution in [1.82, 2.24) is 9.55 Å². The van der Waals surface area contributed by atoms with E-state index >= 15 is 0 Å². The van der Waals surface area contributed by atoms with Gasteiger partial charge in [-0.05, 0) is 54.7 Å². The largest absolute Gasteiger partial charge is 0.493 e. The number of fused-ring (bicyclic) bond motifs is 3. The second-order valence-electron chi connectivity index (χ2n) is 9.61. The average molecular weight is 496 g/mol. The molecular formula is C30H29N3O4. The number of imidazole rings is 1. The van der Waals surface area contributed by atoms with Gasteiger partial charge in [0.25, 0.3) is 0 Å². The fourth-order valence-electron chi connectivity index (χ4n) is 5.67. The third-order valence-corrected chi connectivity index (χ3v) is 7.45. The number of para-hydroxylation sites is 2. The molecule has 0 radical (unpaired) electrons. The van der Waals surface area contributed by atoms with E-state index in [1.165, 1.54) is 11.1 Å². The summed E-state index contributed by atoms with van der Waals surface area (Å²) in [6.45, 7) is 2.08. The van der Waals surface area contributed by atoms with Crippen molar-refractivity contribution >= 4 is 22.8 Å². The average Bonchev–Trinajstić information content (AvgIpc) is 3.29. The Morgan fingerprint density at radius 1 is 0.892 bits per heavy atom. The number of ether oxygens (including phenoxy) is 3. The number of nitrogens with zero attached hydrogens (tertiary/aromatic N) is 2. The molecule has 1 N–H and O–H groups in total. The first-order valence-electron chi connectivity index (χ1n) is 12.4. The van der Waals surface area contributed by atoms with E-state index in [0.29, 0.717) is 23.7 Å². The first-order chi connectivity index (χ1) is 18.0. The number of hydrogen-bond donors (Lipinski definition) is 1. The summed E-state index contributed by atoms with van der Waals surface area (Å²) in [5.41, 5.74) is 6.74. The van der Waals surface area contributed by atoms with Crippen LogP contribution in [0.1, 0.15) is 41.5 Å². The van der Waals surface area contributed by atoms with E-state index in [4.69, 9.17) is 19.2 Å². The predicted molar refractivity (Wildman–Crippen MR) is 143 cm³/mol. The molecular weight excluding hydrogens is 466 g/mol. The molecule has 0 saturated heterocycles. The summed E-state index contributed by atoms with van der Waals surface area (Å²) in [6.07, 6.45) is 1.18. The van der Waals surface area contributed by atoms with Crippen LogP contribution in [0.15, 0.2) is 71.9 Å². The Balaban J connectivity index is 1.55. The maximum absolute atomic E-state index is 13.9. The lowest BCUT2D eigenvalue weighted by Gasteiger charge is -2.36. The zero-order valence-corrected chi connectivity index (χ0v) is 21.4. The van der Waals surface area contributed by atoms with Gasteiger partial charge in [0, 0.05) is 17.7 Å². The fraction of sp³-hybridized carbons (Fsp3) is 0.267. The van der Waals surface area contributed by atoms with Crippen LogP contribution in [0.2, 0.25) is 0 Å². The second kappa shape index (κ2) is 9.00. The highest BCUT2D eigenvalue weighted by Crippen LogP contribution is 2.48. The van der Waals surface area contributed by atoms with Crippen LogP contribution >= 0.6 is 0 Å². The number of carbonyl (C=O) groups excluding carboxylic acids is 1. The zero-order valence-electron chi connectivity index (χ0n) is 21.4. The van der Waals surface area contributed by atoms with E-state index in [2.05, 4.69) is 41.1 Å². The first kappa shape index (κ1) is 23.2. The summed E-state index contributed by atoms with van der Waals surface area (Å²) < 4.78 is 19.0. The van der Waals surface area contributed by atoms with Gasteiger partial charge in [0.15, 0.2) is 17.3 Å². The summed E-state index contributed by atoms with van der Waals surface area (Å²) in [5.74, 6) is 2.56. The van der Waals surface area contributed by atoms with E-state index in [1.807, 2.05) is 36.4 Å². The highest BCUT2D eigenvalue weighted by molar-refractivity contribution is 6.01. The molecule has 3 aromatic carbocycles. The van der Waals surface area contributed by atoms with Crippen molar-refractivity contribution in [3.05, 3.63) is 88.6 Å². The molecule has 0 fully saturated rings. The van der Waals surface area contributed by atoms with Gasteiger partial charge in [-0.2, -0.15) is 0 Å². The van der Waals surface area contributed by atoms with Crippen LogP contribution in [0.3, 0.4) is 0 Å². The molecule has 188 valence electrons. The number of aromatic nitrogens is 2. The van der Waals surface area contributed by atoms with Crippen molar-refractivity contribution in [1.29, 1.82) is 0 Å². The molecule has 0 spiro atoms. The minimum absolute atomic E-state index is 0.107. The van der Waals surface area contributed by atoms with Gasteiger partial charge in [0.2, 0.25) is 11.7 Å². The molecule has 7 nitrogen and oxygen atoms in total. The van der Waals surface area contributed by atoms with E-state index in [1.54, 1.807) is 21.3 Å². The number of allylic oxidation sites excluding steroid dienone is 2. The van der Waals surface area contributed by atoms with E-state index in [0.717, 1.165) is 40.2 Å².